The quantitative estimate of drug-likeness (QED) is 0.880. The molecule has 1 aromatic carbocycles. The second-order valence-electron chi connectivity index (χ2n) is 3.83. The Morgan fingerprint density at radius 2 is 2.00 bits per heavy atom. The minimum absolute atomic E-state index is 0.0925. The molecule has 0 fully saturated rings. The number of benzene rings is 1. The lowest BCUT2D eigenvalue weighted by molar-refractivity contribution is 0.520. The number of thiophene rings is 1. The first-order valence-electron chi connectivity index (χ1n) is 5.30. The van der Waals surface area contributed by atoms with E-state index >= 15 is 0 Å². The highest BCUT2D eigenvalue weighted by Crippen LogP contribution is 2.30. The van der Waals surface area contributed by atoms with Gasteiger partial charge in [-0.3, -0.25) is 0 Å². The van der Waals surface area contributed by atoms with Gasteiger partial charge >= 0.3 is 0 Å². The third-order valence-corrected chi connectivity index (χ3v) is 3.66. The fraction of sp³-hybridized carbons (Fsp3) is 0.231. The topological polar surface area (TPSA) is 12.0 Å². The minimum atomic E-state index is -0.513. The highest BCUT2D eigenvalue weighted by molar-refractivity contribution is 7.10. The maximum absolute atomic E-state index is 14.0. The molecule has 1 heterocycles. The average Bonchev–Trinajstić information content (AvgIpc) is 2.83. The van der Waals surface area contributed by atoms with Crippen molar-refractivity contribution in [3.63, 3.8) is 0 Å². The van der Waals surface area contributed by atoms with E-state index in [1.165, 1.54) is 23.5 Å². The zero-order chi connectivity index (χ0) is 12.4. The van der Waals surface area contributed by atoms with Crippen molar-refractivity contribution in [2.75, 3.05) is 7.05 Å². The predicted octanol–water partition coefficient (Wildman–Crippen LogP) is 3.64. The second-order valence-corrected chi connectivity index (χ2v) is 4.81. The van der Waals surface area contributed by atoms with Crippen LogP contribution in [0.5, 0.6) is 0 Å². The summed E-state index contributed by atoms with van der Waals surface area (Å²) < 4.78 is 27.8. The molecule has 4 heteroatoms. The van der Waals surface area contributed by atoms with Crippen LogP contribution in [-0.4, -0.2) is 7.05 Å². The van der Waals surface area contributed by atoms with Crippen molar-refractivity contribution in [3.05, 3.63) is 57.3 Å². The molecule has 0 radical (unpaired) electrons. The Balaban J connectivity index is 2.55. The highest BCUT2D eigenvalue weighted by atomic mass is 32.1. The Hall–Kier alpha value is -1.26. The Bertz CT molecular complexity index is 508. The van der Waals surface area contributed by atoms with Crippen LogP contribution >= 0.6 is 11.3 Å². The van der Waals surface area contributed by atoms with Gasteiger partial charge in [0.2, 0.25) is 0 Å². The Labute approximate surface area is 103 Å². The minimum Gasteiger partial charge on any atom is -0.308 e. The van der Waals surface area contributed by atoms with Gasteiger partial charge in [-0.1, -0.05) is 12.1 Å². The van der Waals surface area contributed by atoms with Crippen LogP contribution in [0, 0.1) is 18.6 Å². The first kappa shape index (κ1) is 12.2. The summed E-state index contributed by atoms with van der Waals surface area (Å²) in [6.45, 7) is 1.64. The molecule has 17 heavy (non-hydrogen) atoms. The Morgan fingerprint density at radius 1 is 1.24 bits per heavy atom. The summed E-state index contributed by atoms with van der Waals surface area (Å²) in [7, 11) is 1.70. The summed E-state index contributed by atoms with van der Waals surface area (Å²) in [5.41, 5.74) is 0.549. The number of rotatable bonds is 3. The van der Waals surface area contributed by atoms with Gasteiger partial charge in [0.1, 0.15) is 11.6 Å². The first-order valence-corrected chi connectivity index (χ1v) is 6.18. The second kappa shape index (κ2) is 4.94. The van der Waals surface area contributed by atoms with Crippen molar-refractivity contribution in [2.24, 2.45) is 0 Å². The van der Waals surface area contributed by atoms with Gasteiger partial charge in [-0.25, -0.2) is 8.78 Å². The zero-order valence-corrected chi connectivity index (χ0v) is 10.4. The van der Waals surface area contributed by atoms with E-state index in [1.807, 2.05) is 17.5 Å². The third kappa shape index (κ3) is 2.23. The number of aryl methyl sites for hydroxylation is 1. The molecule has 1 N–H and O–H groups in total. The number of hydrogen-bond acceptors (Lipinski definition) is 2. The van der Waals surface area contributed by atoms with Gasteiger partial charge in [0.15, 0.2) is 0 Å². The molecule has 0 amide bonds. The summed E-state index contributed by atoms with van der Waals surface area (Å²) in [4.78, 5) is 0.899. The van der Waals surface area contributed by atoms with Gasteiger partial charge in [-0.2, -0.15) is 0 Å². The van der Waals surface area contributed by atoms with E-state index in [9.17, 15) is 8.78 Å². The molecule has 1 aromatic heterocycles. The van der Waals surface area contributed by atoms with Crippen LogP contribution in [-0.2, 0) is 0 Å². The van der Waals surface area contributed by atoms with Crippen LogP contribution < -0.4 is 5.32 Å². The molecule has 0 saturated carbocycles. The SMILES string of the molecule is CNC(c1cccs1)c1c(F)ccc(C)c1F. The molecule has 1 atom stereocenters. The van der Waals surface area contributed by atoms with Crippen molar-refractivity contribution < 1.29 is 8.78 Å². The zero-order valence-electron chi connectivity index (χ0n) is 9.63. The molecule has 0 saturated heterocycles. The van der Waals surface area contributed by atoms with Gasteiger partial charge < -0.3 is 5.32 Å². The van der Waals surface area contributed by atoms with Crippen molar-refractivity contribution in [3.8, 4) is 0 Å². The molecule has 90 valence electrons. The number of hydrogen-bond donors (Lipinski definition) is 1. The molecule has 0 aliphatic rings. The molecule has 1 nitrogen and oxygen atoms in total. The van der Waals surface area contributed by atoms with Crippen molar-refractivity contribution in [2.45, 2.75) is 13.0 Å². The molecule has 1 unspecified atom stereocenters. The van der Waals surface area contributed by atoms with Crippen LogP contribution in [0.15, 0.2) is 29.6 Å². The van der Waals surface area contributed by atoms with Gasteiger partial charge in [0.05, 0.1) is 6.04 Å². The molecule has 0 spiro atoms. The normalized spacial score (nSPS) is 12.7. The van der Waals surface area contributed by atoms with E-state index in [0.29, 0.717) is 5.56 Å². The summed E-state index contributed by atoms with van der Waals surface area (Å²) in [5, 5.41) is 4.85. The predicted molar refractivity (Wildman–Crippen MR) is 66.3 cm³/mol. The standard InChI is InChI=1S/C13H13F2NS/c1-8-5-6-9(14)11(12(8)15)13(16-2)10-4-3-7-17-10/h3-7,13,16H,1-2H3. The van der Waals surface area contributed by atoms with E-state index in [2.05, 4.69) is 5.32 Å². The fourth-order valence-corrected chi connectivity index (χ4v) is 2.67. The molecule has 0 aliphatic carbocycles. The van der Waals surface area contributed by atoms with Crippen LogP contribution in [0.2, 0.25) is 0 Å². The summed E-state index contributed by atoms with van der Waals surface area (Å²) in [6.07, 6.45) is 0. The van der Waals surface area contributed by atoms with Crippen LogP contribution in [0.1, 0.15) is 22.0 Å². The van der Waals surface area contributed by atoms with E-state index in [-0.39, 0.29) is 5.56 Å². The summed E-state index contributed by atoms with van der Waals surface area (Å²) in [6, 6.07) is 6.07. The van der Waals surface area contributed by atoms with Gasteiger partial charge in [0, 0.05) is 10.4 Å². The lowest BCUT2D eigenvalue weighted by Crippen LogP contribution is -2.19. The molecular formula is C13H13F2NS. The lowest BCUT2D eigenvalue weighted by Gasteiger charge is -2.17. The van der Waals surface area contributed by atoms with E-state index in [0.717, 1.165) is 4.88 Å². The maximum Gasteiger partial charge on any atom is 0.134 e. The van der Waals surface area contributed by atoms with Crippen LogP contribution in [0.4, 0.5) is 8.78 Å². The highest BCUT2D eigenvalue weighted by Gasteiger charge is 2.22. The first-order chi connectivity index (χ1) is 8.15. The molecule has 0 bridgehead atoms. The van der Waals surface area contributed by atoms with Crippen LogP contribution in [0.25, 0.3) is 0 Å². The van der Waals surface area contributed by atoms with E-state index in [4.69, 9.17) is 0 Å². The van der Waals surface area contributed by atoms with Crippen molar-refractivity contribution in [1.29, 1.82) is 0 Å². The van der Waals surface area contributed by atoms with E-state index < -0.39 is 17.7 Å². The van der Waals surface area contributed by atoms with Crippen molar-refractivity contribution in [1.82, 2.24) is 5.32 Å². The average molecular weight is 253 g/mol. The third-order valence-electron chi connectivity index (χ3n) is 2.72. The molecule has 2 aromatic rings. The summed E-state index contributed by atoms with van der Waals surface area (Å²) in [5.74, 6) is -0.987. The monoisotopic (exact) mass is 253 g/mol. The molecular weight excluding hydrogens is 240 g/mol. The fourth-order valence-electron chi connectivity index (χ4n) is 1.83. The van der Waals surface area contributed by atoms with Gasteiger partial charge in [-0.05, 0) is 37.0 Å². The van der Waals surface area contributed by atoms with Crippen LogP contribution in [0.3, 0.4) is 0 Å². The lowest BCUT2D eigenvalue weighted by atomic mass is 10.0. The van der Waals surface area contributed by atoms with Gasteiger partial charge in [0.25, 0.3) is 0 Å². The molecule has 2 rings (SSSR count). The number of halogens is 2. The Morgan fingerprint density at radius 3 is 2.59 bits per heavy atom. The Kier molecular flexibility index (Phi) is 3.54. The largest absolute Gasteiger partial charge is 0.308 e. The smallest absolute Gasteiger partial charge is 0.134 e. The van der Waals surface area contributed by atoms with E-state index in [1.54, 1.807) is 14.0 Å². The maximum atomic E-state index is 14.0. The van der Waals surface area contributed by atoms with Gasteiger partial charge in [-0.15, -0.1) is 11.3 Å². The van der Waals surface area contributed by atoms with Crippen molar-refractivity contribution >= 4 is 11.3 Å². The number of nitrogens with one attached hydrogen (secondary N) is 1. The molecule has 0 aliphatic heterocycles. The summed E-state index contributed by atoms with van der Waals surface area (Å²) >= 11 is 1.48.